The minimum Gasteiger partial charge on any atom is -0.481 e. The lowest BCUT2D eigenvalue weighted by Gasteiger charge is -2.41. The number of carbonyl (C=O) groups is 1. The van der Waals surface area contributed by atoms with Crippen LogP contribution >= 0.6 is 11.3 Å². The maximum atomic E-state index is 13.1. The maximum Gasteiger partial charge on any atom is 0.416 e. The van der Waals surface area contributed by atoms with Gasteiger partial charge in [0, 0.05) is 32.2 Å². The molecular weight excluding hydrogens is 463 g/mol. The van der Waals surface area contributed by atoms with Gasteiger partial charge in [0.25, 0.3) is 0 Å². The number of hydrogen-bond acceptors (Lipinski definition) is 5. The maximum absolute atomic E-state index is 13.1. The van der Waals surface area contributed by atoms with Gasteiger partial charge in [-0.3, -0.25) is 9.69 Å². The van der Waals surface area contributed by atoms with Crippen molar-refractivity contribution in [1.29, 1.82) is 0 Å². The zero-order valence-electron chi connectivity index (χ0n) is 19.0. The van der Waals surface area contributed by atoms with Crippen molar-refractivity contribution in [3.63, 3.8) is 0 Å². The summed E-state index contributed by atoms with van der Waals surface area (Å²) in [6.45, 7) is 5.26. The first-order valence-corrected chi connectivity index (χ1v) is 12.3. The summed E-state index contributed by atoms with van der Waals surface area (Å²) in [7, 11) is 0. The average molecular weight is 492 g/mol. The first-order valence-electron chi connectivity index (χ1n) is 11.5. The van der Waals surface area contributed by atoms with E-state index in [0.717, 1.165) is 67.8 Å². The summed E-state index contributed by atoms with van der Waals surface area (Å²) in [4.78, 5) is 20.3. The van der Waals surface area contributed by atoms with Gasteiger partial charge in [0.1, 0.15) is 0 Å². The molecule has 34 heavy (non-hydrogen) atoms. The molecule has 1 atom stereocenters. The Morgan fingerprint density at radius 3 is 2.71 bits per heavy atom. The summed E-state index contributed by atoms with van der Waals surface area (Å²) in [6.07, 6.45) is -1.25. The highest BCUT2D eigenvalue weighted by Crippen LogP contribution is 2.36. The average Bonchev–Trinajstić information content (AvgIpc) is 3.20. The Morgan fingerprint density at radius 1 is 1.18 bits per heavy atom. The van der Waals surface area contributed by atoms with E-state index in [-0.39, 0.29) is 12.5 Å². The van der Waals surface area contributed by atoms with Crippen molar-refractivity contribution in [2.75, 3.05) is 24.5 Å². The van der Waals surface area contributed by atoms with Crippen molar-refractivity contribution in [2.45, 2.75) is 51.4 Å². The van der Waals surface area contributed by atoms with Crippen LogP contribution in [-0.2, 0) is 23.9 Å². The predicted molar refractivity (Wildman–Crippen MR) is 128 cm³/mol. The molecule has 5 nitrogen and oxygen atoms in total. The van der Waals surface area contributed by atoms with E-state index >= 15 is 0 Å². The fourth-order valence-electron chi connectivity index (χ4n) is 4.48. The normalized spacial score (nSPS) is 17.4. The van der Waals surface area contributed by atoms with E-state index in [4.69, 9.17) is 5.11 Å². The quantitative estimate of drug-likeness (QED) is 0.430. The highest BCUT2D eigenvalue weighted by Gasteiger charge is 2.32. The molecule has 9 heteroatoms. The molecule has 0 bridgehead atoms. The smallest absolute Gasteiger partial charge is 0.416 e. The van der Waals surface area contributed by atoms with Crippen LogP contribution in [0.2, 0.25) is 0 Å². The highest BCUT2D eigenvalue weighted by atomic mass is 32.1. The van der Waals surface area contributed by atoms with Gasteiger partial charge in [-0.15, -0.1) is 0 Å². The molecule has 182 valence electrons. The molecule has 0 saturated carbocycles. The van der Waals surface area contributed by atoms with Gasteiger partial charge >= 0.3 is 12.1 Å². The highest BCUT2D eigenvalue weighted by molar-refractivity contribution is 7.22. The van der Waals surface area contributed by atoms with E-state index in [1.807, 2.05) is 24.3 Å². The van der Waals surface area contributed by atoms with E-state index in [9.17, 15) is 18.0 Å². The number of aliphatic carboxylic acids is 1. The van der Waals surface area contributed by atoms with Gasteiger partial charge in [-0.1, -0.05) is 55.4 Å². The van der Waals surface area contributed by atoms with Crippen LogP contribution in [0.4, 0.5) is 18.3 Å². The first kappa shape index (κ1) is 24.5. The summed E-state index contributed by atoms with van der Waals surface area (Å²) in [5.41, 5.74) is 1.83. The van der Waals surface area contributed by atoms with Gasteiger partial charge in [-0.25, -0.2) is 4.98 Å². The largest absolute Gasteiger partial charge is 0.481 e. The van der Waals surface area contributed by atoms with Crippen LogP contribution in [0.5, 0.6) is 0 Å². The Balaban J connectivity index is 1.51. The Hall–Kier alpha value is -2.65. The summed E-state index contributed by atoms with van der Waals surface area (Å²) in [5, 5.41) is 9.84. The fourth-order valence-corrected chi connectivity index (χ4v) is 5.59. The summed E-state index contributed by atoms with van der Waals surface area (Å²) < 4.78 is 39.9. The van der Waals surface area contributed by atoms with Crippen molar-refractivity contribution in [3.8, 4) is 0 Å². The SMILES string of the molecule is CCCC[C@H]1CN(Cc2cccc(CC(=O)O)c2)CCN1c1nc2ccc(C(F)(F)F)cc2s1. The van der Waals surface area contributed by atoms with Crippen LogP contribution in [0.3, 0.4) is 0 Å². The number of rotatable bonds is 8. The van der Waals surface area contributed by atoms with Crippen LogP contribution in [0, 0.1) is 0 Å². The molecule has 0 unspecified atom stereocenters. The number of benzene rings is 2. The number of thiazole rings is 1. The molecule has 0 spiro atoms. The molecule has 1 aliphatic heterocycles. The molecule has 1 saturated heterocycles. The third-order valence-electron chi connectivity index (χ3n) is 6.16. The second-order valence-corrected chi connectivity index (χ2v) is 9.80. The summed E-state index contributed by atoms with van der Waals surface area (Å²) in [6, 6.07) is 11.7. The van der Waals surface area contributed by atoms with Gasteiger partial charge in [-0.2, -0.15) is 13.2 Å². The Kier molecular flexibility index (Phi) is 7.42. The minimum atomic E-state index is -4.37. The number of carboxylic acid groups (broad SMARTS) is 1. The van der Waals surface area contributed by atoms with Crippen molar-refractivity contribution < 1.29 is 23.1 Å². The summed E-state index contributed by atoms with van der Waals surface area (Å²) in [5.74, 6) is -0.844. The molecule has 1 N–H and O–H groups in total. The van der Waals surface area contributed by atoms with Crippen LogP contribution in [0.25, 0.3) is 10.2 Å². The number of anilines is 1. The van der Waals surface area contributed by atoms with Crippen molar-refractivity contribution in [2.24, 2.45) is 0 Å². The Labute approximate surface area is 200 Å². The number of halogens is 3. The zero-order valence-corrected chi connectivity index (χ0v) is 19.8. The van der Waals surface area contributed by atoms with Crippen LogP contribution < -0.4 is 4.90 Å². The lowest BCUT2D eigenvalue weighted by Crippen LogP contribution is -2.53. The lowest BCUT2D eigenvalue weighted by molar-refractivity contribution is -0.138. The van der Waals surface area contributed by atoms with Gasteiger partial charge in [0.15, 0.2) is 5.13 Å². The molecule has 4 rings (SSSR count). The number of carboxylic acids is 1. The Bertz CT molecular complexity index is 1150. The molecular formula is C25H28F3N3O2S. The topological polar surface area (TPSA) is 56.7 Å². The van der Waals surface area contributed by atoms with Gasteiger partial charge in [0.2, 0.25) is 0 Å². The fraction of sp³-hybridized carbons (Fsp3) is 0.440. The number of hydrogen-bond donors (Lipinski definition) is 1. The third kappa shape index (κ3) is 5.88. The standard InChI is InChI=1S/C25H28F3N3O2S/c1-2-3-7-20-16-30(15-18-6-4-5-17(12-18)13-23(32)33)10-11-31(20)24-29-21-9-8-19(25(26,27)28)14-22(21)34-24/h4-6,8-9,12,14,20H,2-3,7,10-11,13,15-16H2,1H3,(H,32,33)/t20-/m0/s1. The Morgan fingerprint density at radius 2 is 1.97 bits per heavy atom. The molecule has 2 heterocycles. The van der Waals surface area contributed by atoms with Gasteiger partial charge in [-0.05, 0) is 35.7 Å². The van der Waals surface area contributed by atoms with E-state index in [1.54, 1.807) is 0 Å². The van der Waals surface area contributed by atoms with Crippen LogP contribution in [0.1, 0.15) is 42.9 Å². The van der Waals surface area contributed by atoms with Crippen LogP contribution in [0.15, 0.2) is 42.5 Å². The molecule has 0 amide bonds. The molecule has 3 aromatic rings. The van der Waals surface area contributed by atoms with E-state index < -0.39 is 17.7 Å². The zero-order chi connectivity index (χ0) is 24.3. The second-order valence-electron chi connectivity index (χ2n) is 8.79. The van der Waals surface area contributed by atoms with Crippen molar-refractivity contribution >= 4 is 32.7 Å². The second kappa shape index (κ2) is 10.3. The van der Waals surface area contributed by atoms with Gasteiger partial charge in [0.05, 0.1) is 22.2 Å². The molecule has 0 radical (unpaired) electrons. The van der Waals surface area contributed by atoms with Crippen molar-refractivity contribution in [3.05, 3.63) is 59.2 Å². The molecule has 0 aliphatic carbocycles. The van der Waals surface area contributed by atoms with E-state index in [2.05, 4.69) is 21.7 Å². The van der Waals surface area contributed by atoms with Crippen LogP contribution in [-0.4, -0.2) is 46.6 Å². The monoisotopic (exact) mass is 491 g/mol. The summed E-state index contributed by atoms with van der Waals surface area (Å²) >= 11 is 1.32. The van der Waals surface area contributed by atoms with E-state index in [1.165, 1.54) is 23.5 Å². The number of piperazine rings is 1. The molecule has 1 aromatic heterocycles. The first-order chi connectivity index (χ1) is 16.2. The number of nitrogens with zero attached hydrogens (tertiary/aromatic N) is 3. The minimum absolute atomic E-state index is 0.00834. The van der Waals surface area contributed by atoms with Crippen molar-refractivity contribution in [1.82, 2.24) is 9.88 Å². The number of alkyl halides is 3. The number of unbranched alkanes of at least 4 members (excludes halogenated alkanes) is 1. The van der Waals surface area contributed by atoms with Gasteiger partial charge < -0.3 is 10.0 Å². The number of fused-ring (bicyclic) bond motifs is 1. The lowest BCUT2D eigenvalue weighted by atomic mass is 10.0. The molecule has 1 aliphatic rings. The molecule has 2 aromatic carbocycles. The van der Waals surface area contributed by atoms with E-state index in [0.29, 0.717) is 10.2 Å². The number of aromatic nitrogens is 1. The molecule has 1 fully saturated rings. The third-order valence-corrected chi connectivity index (χ3v) is 7.22. The predicted octanol–water partition coefficient (Wildman–Crippen LogP) is 5.82.